The molecule has 16 heavy (non-hydrogen) atoms. The summed E-state index contributed by atoms with van der Waals surface area (Å²) in [7, 11) is 0. The predicted molar refractivity (Wildman–Crippen MR) is 65.9 cm³/mol. The van der Waals surface area contributed by atoms with Crippen molar-refractivity contribution in [2.24, 2.45) is 17.6 Å². The topological polar surface area (TPSA) is 75.4 Å². The molecule has 0 bridgehead atoms. The molecule has 4 heteroatoms. The van der Waals surface area contributed by atoms with Crippen molar-refractivity contribution in [3.8, 4) is 0 Å². The van der Waals surface area contributed by atoms with Crippen LogP contribution in [0.1, 0.15) is 40.0 Å². The summed E-state index contributed by atoms with van der Waals surface area (Å²) in [5, 5.41) is 11.9. The van der Waals surface area contributed by atoms with Gasteiger partial charge in [0.2, 0.25) is 5.91 Å². The average molecular weight is 230 g/mol. The fourth-order valence-corrected chi connectivity index (χ4v) is 1.63. The van der Waals surface area contributed by atoms with Gasteiger partial charge in [-0.25, -0.2) is 0 Å². The second-order valence-corrected chi connectivity index (χ2v) is 4.64. The fourth-order valence-electron chi connectivity index (χ4n) is 1.63. The third-order valence-electron chi connectivity index (χ3n) is 2.98. The van der Waals surface area contributed by atoms with Crippen LogP contribution in [0.3, 0.4) is 0 Å². The highest BCUT2D eigenvalue weighted by Gasteiger charge is 2.17. The van der Waals surface area contributed by atoms with Crippen LogP contribution in [0.15, 0.2) is 0 Å². The molecule has 0 radical (unpaired) electrons. The molecule has 0 spiro atoms. The zero-order valence-corrected chi connectivity index (χ0v) is 10.7. The molecule has 0 aromatic rings. The van der Waals surface area contributed by atoms with E-state index in [2.05, 4.69) is 5.32 Å². The van der Waals surface area contributed by atoms with E-state index in [0.29, 0.717) is 25.3 Å². The maximum absolute atomic E-state index is 11.7. The summed E-state index contributed by atoms with van der Waals surface area (Å²) in [6.07, 6.45) is 2.03. The molecule has 1 amide bonds. The van der Waals surface area contributed by atoms with Crippen LogP contribution in [0.2, 0.25) is 0 Å². The van der Waals surface area contributed by atoms with E-state index in [1.807, 2.05) is 20.8 Å². The summed E-state index contributed by atoms with van der Waals surface area (Å²) in [6, 6.07) is 0.0628. The van der Waals surface area contributed by atoms with Crippen LogP contribution in [0.5, 0.6) is 0 Å². The number of carbonyl (C=O) groups is 1. The number of aliphatic hydroxyl groups is 1. The van der Waals surface area contributed by atoms with Gasteiger partial charge in [-0.3, -0.25) is 4.79 Å². The molecule has 0 aliphatic heterocycles. The number of nitrogens with one attached hydrogen (secondary N) is 1. The zero-order chi connectivity index (χ0) is 12.6. The highest BCUT2D eigenvalue weighted by atomic mass is 16.3. The Morgan fingerprint density at radius 1 is 1.44 bits per heavy atom. The van der Waals surface area contributed by atoms with Crippen LogP contribution < -0.4 is 11.1 Å². The lowest BCUT2D eigenvalue weighted by Crippen LogP contribution is -2.40. The average Bonchev–Trinajstić information content (AvgIpc) is 2.25. The van der Waals surface area contributed by atoms with E-state index >= 15 is 0 Å². The van der Waals surface area contributed by atoms with Crippen LogP contribution in [-0.2, 0) is 4.79 Å². The monoisotopic (exact) mass is 230 g/mol. The molecule has 0 aliphatic rings. The number of carbonyl (C=O) groups excluding carboxylic acids is 1. The van der Waals surface area contributed by atoms with Crippen LogP contribution in [0, 0.1) is 11.8 Å². The van der Waals surface area contributed by atoms with Gasteiger partial charge in [-0.1, -0.05) is 27.2 Å². The standard InChI is InChI=1S/C12H26N2O2/c1-4-10(8-13)7-12(16)14-11(5-6-15)9(2)3/h9-11,15H,4-8,13H2,1-3H3,(H,14,16). The molecule has 0 heterocycles. The Labute approximate surface area is 98.6 Å². The Bertz CT molecular complexity index is 191. The lowest BCUT2D eigenvalue weighted by atomic mass is 9.99. The van der Waals surface area contributed by atoms with Crippen molar-refractivity contribution in [2.45, 2.75) is 46.1 Å². The Morgan fingerprint density at radius 3 is 2.44 bits per heavy atom. The molecule has 4 nitrogen and oxygen atoms in total. The second-order valence-electron chi connectivity index (χ2n) is 4.64. The first-order valence-corrected chi connectivity index (χ1v) is 6.15. The first-order valence-electron chi connectivity index (χ1n) is 6.15. The lowest BCUT2D eigenvalue weighted by Gasteiger charge is -2.22. The van der Waals surface area contributed by atoms with Gasteiger partial charge in [-0.05, 0) is 24.8 Å². The van der Waals surface area contributed by atoms with Gasteiger partial charge in [0.1, 0.15) is 0 Å². The van der Waals surface area contributed by atoms with Gasteiger partial charge in [0.15, 0.2) is 0 Å². The number of aliphatic hydroxyl groups excluding tert-OH is 1. The molecular formula is C12H26N2O2. The minimum absolute atomic E-state index is 0.0458. The van der Waals surface area contributed by atoms with Gasteiger partial charge in [0.25, 0.3) is 0 Å². The third kappa shape index (κ3) is 6.08. The number of hydrogen-bond acceptors (Lipinski definition) is 3. The summed E-state index contributed by atoms with van der Waals surface area (Å²) in [4.78, 5) is 11.7. The Morgan fingerprint density at radius 2 is 2.06 bits per heavy atom. The molecule has 0 aliphatic carbocycles. The van der Waals surface area contributed by atoms with Crippen molar-refractivity contribution in [3.05, 3.63) is 0 Å². The van der Waals surface area contributed by atoms with Crippen LogP contribution >= 0.6 is 0 Å². The zero-order valence-electron chi connectivity index (χ0n) is 10.7. The van der Waals surface area contributed by atoms with Gasteiger partial charge >= 0.3 is 0 Å². The molecule has 0 aromatic carbocycles. The normalized spacial score (nSPS) is 14.9. The maximum atomic E-state index is 11.7. The Kier molecular flexibility index (Phi) is 8.21. The van der Waals surface area contributed by atoms with Crippen molar-refractivity contribution in [3.63, 3.8) is 0 Å². The second kappa shape index (κ2) is 8.53. The van der Waals surface area contributed by atoms with Crippen molar-refractivity contribution in [1.29, 1.82) is 0 Å². The molecule has 0 saturated carbocycles. The molecule has 4 N–H and O–H groups in total. The van der Waals surface area contributed by atoms with E-state index < -0.39 is 0 Å². The van der Waals surface area contributed by atoms with Crippen molar-refractivity contribution >= 4 is 5.91 Å². The summed E-state index contributed by atoms with van der Waals surface area (Å²) in [6.45, 7) is 6.79. The number of hydrogen-bond donors (Lipinski definition) is 3. The summed E-state index contributed by atoms with van der Waals surface area (Å²) >= 11 is 0. The Hall–Kier alpha value is -0.610. The quantitative estimate of drug-likeness (QED) is 0.579. The van der Waals surface area contributed by atoms with E-state index in [9.17, 15) is 4.79 Å². The first-order chi connectivity index (χ1) is 7.54. The highest BCUT2D eigenvalue weighted by Crippen LogP contribution is 2.09. The number of amides is 1. The van der Waals surface area contributed by atoms with Crippen molar-refractivity contribution in [1.82, 2.24) is 5.32 Å². The Balaban J connectivity index is 4.08. The highest BCUT2D eigenvalue weighted by molar-refractivity contribution is 5.76. The van der Waals surface area contributed by atoms with Crippen molar-refractivity contribution < 1.29 is 9.90 Å². The maximum Gasteiger partial charge on any atom is 0.220 e. The van der Waals surface area contributed by atoms with E-state index in [0.717, 1.165) is 6.42 Å². The SMILES string of the molecule is CCC(CN)CC(=O)NC(CCO)C(C)C. The van der Waals surface area contributed by atoms with Gasteiger partial charge in [-0.2, -0.15) is 0 Å². The molecule has 0 saturated heterocycles. The number of nitrogens with two attached hydrogens (primary N) is 1. The number of rotatable bonds is 8. The molecule has 96 valence electrons. The first kappa shape index (κ1) is 15.4. The van der Waals surface area contributed by atoms with E-state index in [-0.39, 0.29) is 24.5 Å². The summed E-state index contributed by atoms with van der Waals surface area (Å²) in [5.74, 6) is 0.653. The van der Waals surface area contributed by atoms with E-state index in [1.165, 1.54) is 0 Å². The largest absolute Gasteiger partial charge is 0.396 e. The van der Waals surface area contributed by atoms with E-state index in [1.54, 1.807) is 0 Å². The molecular weight excluding hydrogens is 204 g/mol. The molecule has 2 unspecified atom stereocenters. The molecule has 0 fully saturated rings. The van der Waals surface area contributed by atoms with Crippen LogP contribution in [0.4, 0.5) is 0 Å². The predicted octanol–water partition coefficient (Wildman–Crippen LogP) is 0.885. The van der Waals surface area contributed by atoms with Crippen LogP contribution in [-0.4, -0.2) is 30.2 Å². The van der Waals surface area contributed by atoms with Gasteiger partial charge in [0.05, 0.1) is 0 Å². The third-order valence-corrected chi connectivity index (χ3v) is 2.98. The van der Waals surface area contributed by atoms with Gasteiger partial charge in [0, 0.05) is 19.1 Å². The molecule has 0 aromatic heterocycles. The summed E-state index contributed by atoms with van der Waals surface area (Å²) in [5.41, 5.74) is 5.56. The molecule has 2 atom stereocenters. The van der Waals surface area contributed by atoms with Crippen LogP contribution in [0.25, 0.3) is 0 Å². The van der Waals surface area contributed by atoms with Gasteiger partial charge in [-0.15, -0.1) is 0 Å². The van der Waals surface area contributed by atoms with Crippen molar-refractivity contribution in [2.75, 3.05) is 13.2 Å². The minimum atomic E-state index is 0.0458. The fraction of sp³-hybridized carbons (Fsp3) is 0.917. The van der Waals surface area contributed by atoms with E-state index in [4.69, 9.17) is 10.8 Å². The molecule has 0 rings (SSSR count). The minimum Gasteiger partial charge on any atom is -0.396 e. The lowest BCUT2D eigenvalue weighted by molar-refractivity contribution is -0.123. The smallest absolute Gasteiger partial charge is 0.220 e. The van der Waals surface area contributed by atoms with Gasteiger partial charge < -0.3 is 16.2 Å². The summed E-state index contributed by atoms with van der Waals surface area (Å²) < 4.78 is 0.